The molecule has 0 amide bonds. The van der Waals surface area contributed by atoms with E-state index in [1.807, 2.05) is 19.3 Å². The van der Waals surface area contributed by atoms with Crippen molar-refractivity contribution in [3.8, 4) is 0 Å². The molecule has 1 unspecified atom stereocenters. The fourth-order valence-electron chi connectivity index (χ4n) is 1.34. The highest BCUT2D eigenvalue weighted by Gasteiger charge is 2.05. The molecule has 0 aliphatic heterocycles. The van der Waals surface area contributed by atoms with E-state index in [4.69, 9.17) is 16.3 Å². The zero-order valence-corrected chi connectivity index (χ0v) is 9.92. The Morgan fingerprint density at radius 2 is 2.33 bits per heavy atom. The lowest BCUT2D eigenvalue weighted by atomic mass is 10.2. The number of aryl methyl sites for hydroxylation is 1. The first kappa shape index (κ1) is 12.4. The second-order valence-electron chi connectivity index (χ2n) is 3.56. The van der Waals surface area contributed by atoms with Gasteiger partial charge in [0.05, 0.1) is 6.61 Å². The van der Waals surface area contributed by atoms with Crippen LogP contribution in [-0.4, -0.2) is 30.6 Å². The highest BCUT2D eigenvalue weighted by molar-refractivity contribution is 6.18. The topological polar surface area (TPSA) is 34.1 Å². The van der Waals surface area contributed by atoms with E-state index in [2.05, 4.69) is 16.4 Å². The quantitative estimate of drug-likeness (QED) is 0.754. The van der Waals surface area contributed by atoms with Gasteiger partial charge in [-0.05, 0) is 18.1 Å². The van der Waals surface area contributed by atoms with Gasteiger partial charge >= 0.3 is 0 Å². The van der Waals surface area contributed by atoms with E-state index in [0.717, 1.165) is 6.54 Å². The number of hydrogen-bond donors (Lipinski definition) is 1. The van der Waals surface area contributed by atoms with Crippen molar-refractivity contribution in [1.82, 2.24) is 10.3 Å². The summed E-state index contributed by atoms with van der Waals surface area (Å²) in [5, 5.41) is 3.32. The van der Waals surface area contributed by atoms with Crippen LogP contribution in [-0.2, 0) is 11.3 Å². The van der Waals surface area contributed by atoms with Crippen LogP contribution in [0, 0.1) is 6.92 Å². The largest absolute Gasteiger partial charge is 0.383 e. The molecule has 0 aliphatic rings. The van der Waals surface area contributed by atoms with Crippen LogP contribution in [0.25, 0.3) is 0 Å². The first-order valence-corrected chi connectivity index (χ1v) is 5.48. The van der Waals surface area contributed by atoms with Gasteiger partial charge < -0.3 is 10.1 Å². The minimum atomic E-state index is 0.192. The van der Waals surface area contributed by atoms with Gasteiger partial charge in [-0.1, -0.05) is 6.07 Å². The molecule has 1 aromatic rings. The molecular formula is C11H17ClN2O. The van der Waals surface area contributed by atoms with Crippen LogP contribution in [0.5, 0.6) is 0 Å². The maximum Gasteiger partial charge on any atom is 0.0627 e. The average molecular weight is 229 g/mol. The van der Waals surface area contributed by atoms with Crippen molar-refractivity contribution < 1.29 is 4.74 Å². The molecule has 84 valence electrons. The summed E-state index contributed by atoms with van der Waals surface area (Å²) in [6.07, 6.45) is 3.70. The Kier molecular flexibility index (Phi) is 5.61. The fourth-order valence-corrected chi connectivity index (χ4v) is 1.53. The number of ether oxygens (including phenoxy) is 1. The Labute approximate surface area is 95.8 Å². The summed E-state index contributed by atoms with van der Waals surface area (Å²) in [6, 6.07) is 2.30. The van der Waals surface area contributed by atoms with Crippen molar-refractivity contribution in [2.75, 3.05) is 19.6 Å². The Balaban J connectivity index is 2.41. The van der Waals surface area contributed by atoms with Crippen molar-refractivity contribution >= 4 is 11.6 Å². The van der Waals surface area contributed by atoms with Gasteiger partial charge in [-0.2, -0.15) is 0 Å². The Hall–Kier alpha value is -0.640. The van der Waals surface area contributed by atoms with Crippen molar-refractivity contribution in [3.05, 3.63) is 29.6 Å². The van der Waals surface area contributed by atoms with Gasteiger partial charge in [0.15, 0.2) is 0 Å². The average Bonchev–Trinajstić information content (AvgIpc) is 2.24. The summed E-state index contributed by atoms with van der Waals surface area (Å²) in [6.45, 7) is 3.43. The fraction of sp³-hybridized carbons (Fsp3) is 0.545. The van der Waals surface area contributed by atoms with Crippen LogP contribution in [0.15, 0.2) is 18.5 Å². The van der Waals surface area contributed by atoms with Crippen LogP contribution in [0.1, 0.15) is 11.1 Å². The molecule has 4 heteroatoms. The summed E-state index contributed by atoms with van der Waals surface area (Å²) in [4.78, 5) is 4.13. The van der Waals surface area contributed by atoms with Crippen LogP contribution >= 0.6 is 11.6 Å². The molecule has 0 bridgehead atoms. The number of aromatic nitrogens is 1. The molecule has 1 aromatic heterocycles. The lowest BCUT2D eigenvalue weighted by Crippen LogP contribution is -2.34. The smallest absolute Gasteiger partial charge is 0.0627 e. The van der Waals surface area contributed by atoms with Gasteiger partial charge in [-0.15, -0.1) is 11.6 Å². The molecule has 0 radical (unpaired) electrons. The molecule has 0 aromatic carbocycles. The van der Waals surface area contributed by atoms with Crippen molar-refractivity contribution in [1.29, 1.82) is 0 Å². The molecule has 3 nitrogen and oxygen atoms in total. The van der Waals surface area contributed by atoms with Gasteiger partial charge in [0.25, 0.3) is 0 Å². The molecule has 1 rings (SSSR count). The summed E-state index contributed by atoms with van der Waals surface area (Å²) in [5.74, 6) is 0.549. The molecule has 0 saturated heterocycles. The lowest BCUT2D eigenvalue weighted by molar-refractivity contribution is 0.172. The third-order valence-electron chi connectivity index (χ3n) is 2.08. The highest BCUT2D eigenvalue weighted by Crippen LogP contribution is 2.01. The van der Waals surface area contributed by atoms with Gasteiger partial charge in [0.1, 0.15) is 0 Å². The molecule has 0 fully saturated rings. The SMILES string of the molecule is COCC(CCl)NCc1cncc(C)c1. The van der Waals surface area contributed by atoms with E-state index in [1.54, 1.807) is 7.11 Å². The zero-order valence-electron chi connectivity index (χ0n) is 9.16. The molecule has 0 spiro atoms. The molecule has 0 aliphatic carbocycles. The minimum Gasteiger partial charge on any atom is -0.383 e. The van der Waals surface area contributed by atoms with E-state index in [0.29, 0.717) is 12.5 Å². The standard InChI is InChI=1S/C11H17ClN2O/c1-9-3-10(6-13-5-9)7-14-11(4-12)8-15-2/h3,5-6,11,14H,4,7-8H2,1-2H3. The predicted molar refractivity (Wildman–Crippen MR) is 62.2 cm³/mol. The maximum absolute atomic E-state index is 5.79. The number of rotatable bonds is 6. The van der Waals surface area contributed by atoms with E-state index in [-0.39, 0.29) is 6.04 Å². The van der Waals surface area contributed by atoms with E-state index in [1.165, 1.54) is 11.1 Å². The molecule has 15 heavy (non-hydrogen) atoms. The minimum absolute atomic E-state index is 0.192. The van der Waals surface area contributed by atoms with E-state index < -0.39 is 0 Å². The number of pyridine rings is 1. The lowest BCUT2D eigenvalue weighted by Gasteiger charge is -2.14. The number of alkyl halides is 1. The van der Waals surface area contributed by atoms with E-state index in [9.17, 15) is 0 Å². The molecule has 1 atom stereocenters. The number of methoxy groups -OCH3 is 1. The van der Waals surface area contributed by atoms with Crippen LogP contribution in [0.3, 0.4) is 0 Å². The third-order valence-corrected chi connectivity index (χ3v) is 2.45. The summed E-state index contributed by atoms with van der Waals surface area (Å²) < 4.78 is 5.04. The van der Waals surface area contributed by atoms with Crippen molar-refractivity contribution in [2.24, 2.45) is 0 Å². The Morgan fingerprint density at radius 3 is 2.93 bits per heavy atom. The first-order valence-electron chi connectivity index (χ1n) is 4.95. The second-order valence-corrected chi connectivity index (χ2v) is 3.87. The van der Waals surface area contributed by atoms with E-state index >= 15 is 0 Å². The third kappa shape index (κ3) is 4.60. The van der Waals surface area contributed by atoms with Crippen molar-refractivity contribution in [3.63, 3.8) is 0 Å². The molecular weight excluding hydrogens is 212 g/mol. The van der Waals surface area contributed by atoms with Gasteiger partial charge in [-0.25, -0.2) is 0 Å². The number of halogens is 1. The van der Waals surface area contributed by atoms with Crippen molar-refractivity contribution in [2.45, 2.75) is 19.5 Å². The van der Waals surface area contributed by atoms with Gasteiger partial charge in [-0.3, -0.25) is 4.98 Å². The predicted octanol–water partition coefficient (Wildman–Crippen LogP) is 1.73. The molecule has 1 heterocycles. The molecule has 0 saturated carbocycles. The van der Waals surface area contributed by atoms with Crippen LogP contribution in [0.4, 0.5) is 0 Å². The number of nitrogens with one attached hydrogen (secondary N) is 1. The monoisotopic (exact) mass is 228 g/mol. The number of hydrogen-bond acceptors (Lipinski definition) is 3. The zero-order chi connectivity index (χ0) is 11.1. The van der Waals surface area contributed by atoms with Crippen LogP contribution < -0.4 is 5.32 Å². The maximum atomic E-state index is 5.79. The summed E-state index contributed by atoms with van der Waals surface area (Å²) >= 11 is 5.79. The van der Waals surface area contributed by atoms with Gasteiger partial charge in [0.2, 0.25) is 0 Å². The summed E-state index contributed by atoms with van der Waals surface area (Å²) in [5.41, 5.74) is 2.34. The normalized spacial score (nSPS) is 12.7. The van der Waals surface area contributed by atoms with Gasteiger partial charge in [0, 0.05) is 38.0 Å². The second kappa shape index (κ2) is 6.77. The Morgan fingerprint density at radius 1 is 1.53 bits per heavy atom. The highest BCUT2D eigenvalue weighted by atomic mass is 35.5. The van der Waals surface area contributed by atoms with Crippen LogP contribution in [0.2, 0.25) is 0 Å². The first-order chi connectivity index (χ1) is 7.26. The summed E-state index contributed by atoms with van der Waals surface area (Å²) in [7, 11) is 1.68. The number of nitrogens with zero attached hydrogens (tertiary/aromatic N) is 1. The molecule has 1 N–H and O–H groups in total. The Bertz CT molecular complexity index is 294.